The maximum atomic E-state index is 11.8. The molecular weight excluding hydrogens is 242 g/mol. The van der Waals surface area contributed by atoms with Crippen LogP contribution in [0.1, 0.15) is 45.3 Å². The van der Waals surface area contributed by atoms with Crippen molar-refractivity contribution >= 4 is 0 Å². The highest BCUT2D eigenvalue weighted by Crippen LogP contribution is 2.22. The lowest BCUT2D eigenvalue weighted by Gasteiger charge is -2.31. The Morgan fingerprint density at radius 3 is 2.89 bits per heavy atom. The maximum absolute atomic E-state index is 11.8. The molecule has 0 spiro atoms. The first kappa shape index (κ1) is 14.2. The van der Waals surface area contributed by atoms with Crippen molar-refractivity contribution in [3.63, 3.8) is 0 Å². The van der Waals surface area contributed by atoms with Crippen LogP contribution in [0.5, 0.6) is 0 Å². The van der Waals surface area contributed by atoms with Crippen molar-refractivity contribution in [1.82, 2.24) is 14.9 Å². The zero-order valence-electron chi connectivity index (χ0n) is 12.2. The van der Waals surface area contributed by atoms with Gasteiger partial charge in [0.2, 0.25) is 0 Å². The fourth-order valence-corrected chi connectivity index (χ4v) is 2.17. The highest BCUT2D eigenvalue weighted by molar-refractivity contribution is 5.13. The summed E-state index contributed by atoms with van der Waals surface area (Å²) in [6.45, 7) is 11.7. The van der Waals surface area contributed by atoms with Crippen molar-refractivity contribution in [2.24, 2.45) is 0 Å². The van der Waals surface area contributed by atoms with Crippen molar-refractivity contribution in [3.8, 4) is 0 Å². The van der Waals surface area contributed by atoms with E-state index in [9.17, 15) is 4.79 Å². The molecule has 1 saturated heterocycles. The van der Waals surface area contributed by atoms with E-state index in [1.807, 2.05) is 0 Å². The van der Waals surface area contributed by atoms with Crippen LogP contribution in [0.25, 0.3) is 0 Å². The van der Waals surface area contributed by atoms with Crippen LogP contribution in [0, 0.1) is 0 Å². The van der Waals surface area contributed by atoms with Crippen LogP contribution in [-0.4, -0.2) is 41.1 Å². The van der Waals surface area contributed by atoms with Crippen molar-refractivity contribution in [3.05, 3.63) is 27.9 Å². The summed E-state index contributed by atoms with van der Waals surface area (Å²) in [6.07, 6.45) is -0.135. The van der Waals surface area contributed by atoms with E-state index in [1.54, 1.807) is 6.07 Å². The Labute approximate surface area is 114 Å². The lowest BCUT2D eigenvalue weighted by atomic mass is 9.92. The SMILES string of the molecule is CCN1CCOC(c2nc(C(C)(C)C)cc(=O)[nH]2)C1. The minimum absolute atomic E-state index is 0.104. The average molecular weight is 265 g/mol. The van der Waals surface area contributed by atoms with Crippen molar-refractivity contribution in [2.45, 2.75) is 39.2 Å². The lowest BCUT2D eigenvalue weighted by Crippen LogP contribution is -2.39. The molecule has 0 aromatic carbocycles. The van der Waals surface area contributed by atoms with Gasteiger partial charge >= 0.3 is 0 Å². The number of ether oxygens (including phenoxy) is 1. The number of nitrogens with one attached hydrogen (secondary N) is 1. The summed E-state index contributed by atoms with van der Waals surface area (Å²) in [6, 6.07) is 1.57. The molecule has 1 unspecified atom stereocenters. The third-order valence-corrected chi connectivity index (χ3v) is 3.43. The van der Waals surface area contributed by atoms with Gasteiger partial charge in [-0.3, -0.25) is 9.69 Å². The lowest BCUT2D eigenvalue weighted by molar-refractivity contribution is -0.0328. The molecule has 0 amide bonds. The Balaban J connectivity index is 2.29. The number of nitrogens with zero attached hydrogens (tertiary/aromatic N) is 2. The predicted octanol–water partition coefficient (Wildman–Crippen LogP) is 1.46. The molecule has 1 atom stereocenters. The summed E-state index contributed by atoms with van der Waals surface area (Å²) in [5.74, 6) is 0.649. The van der Waals surface area contributed by atoms with E-state index in [0.29, 0.717) is 12.4 Å². The molecule has 2 rings (SSSR count). The van der Waals surface area contributed by atoms with Crippen LogP contribution in [0.2, 0.25) is 0 Å². The van der Waals surface area contributed by atoms with E-state index >= 15 is 0 Å². The van der Waals surface area contributed by atoms with Gasteiger partial charge in [0, 0.05) is 24.6 Å². The molecule has 1 aromatic heterocycles. The fraction of sp³-hybridized carbons (Fsp3) is 0.714. The van der Waals surface area contributed by atoms with Crippen molar-refractivity contribution in [1.29, 1.82) is 0 Å². The van der Waals surface area contributed by atoms with Crippen molar-refractivity contribution in [2.75, 3.05) is 26.2 Å². The average Bonchev–Trinajstić information content (AvgIpc) is 2.37. The Bertz CT molecular complexity index is 490. The van der Waals surface area contributed by atoms with E-state index in [2.05, 4.69) is 42.6 Å². The molecule has 1 aliphatic heterocycles. The minimum atomic E-state index is -0.137. The molecule has 0 bridgehead atoms. The molecule has 0 saturated carbocycles. The summed E-state index contributed by atoms with van der Waals surface area (Å²) in [7, 11) is 0. The monoisotopic (exact) mass is 265 g/mol. The summed E-state index contributed by atoms with van der Waals surface area (Å²) in [5, 5.41) is 0. The maximum Gasteiger partial charge on any atom is 0.251 e. The van der Waals surface area contributed by atoms with Gasteiger partial charge in [0.25, 0.3) is 5.56 Å². The van der Waals surface area contributed by atoms with Crippen LogP contribution in [0.15, 0.2) is 10.9 Å². The summed E-state index contributed by atoms with van der Waals surface area (Å²) >= 11 is 0. The number of likely N-dealkylation sites (N-methyl/N-ethyl adjacent to an activating group) is 1. The zero-order valence-corrected chi connectivity index (χ0v) is 12.2. The summed E-state index contributed by atoms with van der Waals surface area (Å²) in [4.78, 5) is 21.5. The van der Waals surface area contributed by atoms with Gasteiger partial charge in [-0.25, -0.2) is 4.98 Å². The second kappa shape index (κ2) is 5.43. The van der Waals surface area contributed by atoms with Crippen LogP contribution in [0.3, 0.4) is 0 Å². The van der Waals surface area contributed by atoms with E-state index in [-0.39, 0.29) is 17.1 Å². The van der Waals surface area contributed by atoms with Gasteiger partial charge in [0.15, 0.2) is 0 Å². The molecular formula is C14H23N3O2. The second-order valence-corrected chi connectivity index (χ2v) is 6.02. The predicted molar refractivity (Wildman–Crippen MR) is 74.4 cm³/mol. The smallest absolute Gasteiger partial charge is 0.251 e. The molecule has 1 aliphatic rings. The highest BCUT2D eigenvalue weighted by atomic mass is 16.5. The molecule has 0 radical (unpaired) electrons. The standard InChI is InChI=1S/C14H23N3O2/c1-5-17-6-7-19-10(9-17)13-15-11(14(2,3)4)8-12(18)16-13/h8,10H,5-7,9H2,1-4H3,(H,15,16,18). The van der Waals surface area contributed by atoms with Gasteiger partial charge in [-0.15, -0.1) is 0 Å². The van der Waals surface area contributed by atoms with Gasteiger partial charge in [0.1, 0.15) is 11.9 Å². The number of hydrogen-bond donors (Lipinski definition) is 1. The fourth-order valence-electron chi connectivity index (χ4n) is 2.17. The van der Waals surface area contributed by atoms with E-state index in [0.717, 1.165) is 25.3 Å². The molecule has 0 aliphatic carbocycles. The first-order valence-corrected chi connectivity index (χ1v) is 6.86. The van der Waals surface area contributed by atoms with Crippen LogP contribution in [0.4, 0.5) is 0 Å². The van der Waals surface area contributed by atoms with E-state index in [4.69, 9.17) is 4.74 Å². The third kappa shape index (κ3) is 3.42. The minimum Gasteiger partial charge on any atom is -0.368 e. The van der Waals surface area contributed by atoms with Crippen molar-refractivity contribution < 1.29 is 4.74 Å². The molecule has 1 aromatic rings. The third-order valence-electron chi connectivity index (χ3n) is 3.43. The number of hydrogen-bond acceptors (Lipinski definition) is 4. The Hall–Kier alpha value is -1.20. The molecule has 19 heavy (non-hydrogen) atoms. The van der Waals surface area contributed by atoms with Gasteiger partial charge in [-0.05, 0) is 6.54 Å². The van der Waals surface area contributed by atoms with Crippen LogP contribution >= 0.6 is 0 Å². The van der Waals surface area contributed by atoms with Gasteiger partial charge < -0.3 is 9.72 Å². The number of aromatic amines is 1. The van der Waals surface area contributed by atoms with Gasteiger partial charge in [-0.2, -0.15) is 0 Å². The van der Waals surface area contributed by atoms with E-state index < -0.39 is 0 Å². The van der Waals surface area contributed by atoms with Crippen LogP contribution in [-0.2, 0) is 10.2 Å². The normalized spacial score (nSPS) is 21.6. The number of aromatic nitrogens is 2. The van der Waals surface area contributed by atoms with Gasteiger partial charge in [0.05, 0.1) is 12.3 Å². The number of morpholine rings is 1. The molecule has 1 fully saturated rings. The zero-order chi connectivity index (χ0) is 14.0. The van der Waals surface area contributed by atoms with Crippen LogP contribution < -0.4 is 5.56 Å². The summed E-state index contributed by atoms with van der Waals surface area (Å²) < 4.78 is 5.74. The number of rotatable bonds is 2. The quantitative estimate of drug-likeness (QED) is 0.879. The summed E-state index contributed by atoms with van der Waals surface area (Å²) in [5.41, 5.74) is 0.567. The second-order valence-electron chi connectivity index (χ2n) is 6.02. The number of H-pyrrole nitrogens is 1. The molecule has 106 valence electrons. The highest BCUT2D eigenvalue weighted by Gasteiger charge is 2.25. The molecule has 5 heteroatoms. The molecule has 1 N–H and O–H groups in total. The first-order chi connectivity index (χ1) is 8.90. The Morgan fingerprint density at radius 1 is 1.53 bits per heavy atom. The Morgan fingerprint density at radius 2 is 2.26 bits per heavy atom. The largest absolute Gasteiger partial charge is 0.368 e. The van der Waals surface area contributed by atoms with E-state index in [1.165, 1.54) is 0 Å². The first-order valence-electron chi connectivity index (χ1n) is 6.86. The Kier molecular flexibility index (Phi) is 4.06. The topological polar surface area (TPSA) is 58.2 Å². The molecule has 2 heterocycles. The van der Waals surface area contributed by atoms with Gasteiger partial charge in [-0.1, -0.05) is 27.7 Å². The molecule has 5 nitrogen and oxygen atoms in total.